The van der Waals surface area contributed by atoms with Crippen LogP contribution in [0.15, 0.2) is 45.1 Å². The second kappa shape index (κ2) is 9.93. The van der Waals surface area contributed by atoms with Gasteiger partial charge in [-0.1, -0.05) is 18.2 Å². The summed E-state index contributed by atoms with van der Waals surface area (Å²) in [5.41, 5.74) is 1.89. The van der Waals surface area contributed by atoms with Gasteiger partial charge in [-0.2, -0.15) is 0 Å². The fourth-order valence-corrected chi connectivity index (χ4v) is 3.37. The number of hydrogen-bond acceptors (Lipinski definition) is 5. The number of furan rings is 1. The summed E-state index contributed by atoms with van der Waals surface area (Å²) < 4.78 is 5.92. The Morgan fingerprint density at radius 3 is 2.70 bits per heavy atom. The number of nitrogens with zero attached hydrogens (tertiary/aromatic N) is 4. The standard InChI is InChI=1S/C19H25N5OS.HI/c1-5-20-18(21-11-15-13-26-19(22-15)23(2)3)24(4)12-16-10-14-8-6-7-9-17(14)25-16;/h6-10,13H,5,11-12H2,1-4H3,(H,20,21);1H. The first-order valence-corrected chi connectivity index (χ1v) is 9.53. The minimum absolute atomic E-state index is 0. The highest BCUT2D eigenvalue weighted by Crippen LogP contribution is 2.20. The van der Waals surface area contributed by atoms with Gasteiger partial charge < -0.3 is 19.5 Å². The fourth-order valence-electron chi connectivity index (χ4n) is 2.62. The Bertz CT molecular complexity index is 856. The van der Waals surface area contributed by atoms with E-state index in [9.17, 15) is 0 Å². The molecule has 0 aliphatic carbocycles. The maximum atomic E-state index is 5.92. The van der Waals surface area contributed by atoms with Crippen molar-refractivity contribution < 1.29 is 4.42 Å². The highest BCUT2D eigenvalue weighted by Gasteiger charge is 2.11. The number of para-hydroxylation sites is 1. The van der Waals surface area contributed by atoms with E-state index >= 15 is 0 Å². The van der Waals surface area contributed by atoms with E-state index in [2.05, 4.69) is 39.6 Å². The Labute approximate surface area is 181 Å². The molecule has 2 heterocycles. The van der Waals surface area contributed by atoms with Gasteiger partial charge in [0, 0.05) is 38.5 Å². The zero-order valence-corrected chi connectivity index (χ0v) is 19.2. The molecule has 0 spiro atoms. The Balaban J connectivity index is 0.00000261. The van der Waals surface area contributed by atoms with E-state index in [0.29, 0.717) is 13.1 Å². The van der Waals surface area contributed by atoms with E-state index in [1.54, 1.807) is 11.3 Å². The van der Waals surface area contributed by atoms with Gasteiger partial charge in [0.1, 0.15) is 11.3 Å². The topological polar surface area (TPSA) is 56.9 Å². The van der Waals surface area contributed by atoms with Crippen molar-refractivity contribution in [3.05, 3.63) is 47.2 Å². The molecule has 0 unspecified atom stereocenters. The molecule has 27 heavy (non-hydrogen) atoms. The lowest BCUT2D eigenvalue weighted by Gasteiger charge is -2.20. The predicted octanol–water partition coefficient (Wildman–Crippen LogP) is 4.17. The monoisotopic (exact) mass is 499 g/mol. The summed E-state index contributed by atoms with van der Waals surface area (Å²) in [5.74, 6) is 1.76. The largest absolute Gasteiger partial charge is 0.459 e. The average molecular weight is 499 g/mol. The predicted molar refractivity (Wildman–Crippen MR) is 124 cm³/mol. The van der Waals surface area contributed by atoms with Gasteiger partial charge >= 0.3 is 0 Å². The molecule has 3 aromatic rings. The van der Waals surface area contributed by atoms with E-state index in [1.165, 1.54) is 0 Å². The van der Waals surface area contributed by atoms with E-state index < -0.39 is 0 Å². The van der Waals surface area contributed by atoms with Crippen molar-refractivity contribution in [2.24, 2.45) is 4.99 Å². The molecular weight excluding hydrogens is 473 g/mol. The van der Waals surface area contributed by atoms with Gasteiger partial charge in [0.15, 0.2) is 11.1 Å². The Hall–Kier alpha value is -1.81. The van der Waals surface area contributed by atoms with Crippen molar-refractivity contribution in [2.45, 2.75) is 20.0 Å². The number of fused-ring (bicyclic) bond motifs is 1. The van der Waals surface area contributed by atoms with Crippen molar-refractivity contribution in [3.8, 4) is 0 Å². The third-order valence-electron chi connectivity index (χ3n) is 3.88. The van der Waals surface area contributed by atoms with E-state index in [0.717, 1.165) is 40.1 Å². The van der Waals surface area contributed by atoms with Crippen LogP contribution in [0.4, 0.5) is 5.13 Å². The van der Waals surface area contributed by atoms with Crippen LogP contribution in [0.5, 0.6) is 0 Å². The molecule has 0 fully saturated rings. The van der Waals surface area contributed by atoms with Crippen LogP contribution in [0.25, 0.3) is 11.0 Å². The zero-order valence-electron chi connectivity index (χ0n) is 16.1. The van der Waals surface area contributed by atoms with Crippen molar-refractivity contribution >= 4 is 57.4 Å². The molecule has 6 nitrogen and oxygen atoms in total. The Morgan fingerprint density at radius 2 is 2.04 bits per heavy atom. The number of guanidine groups is 1. The highest BCUT2D eigenvalue weighted by molar-refractivity contribution is 14.0. The molecule has 0 radical (unpaired) electrons. The fraction of sp³-hybridized carbons (Fsp3) is 0.368. The van der Waals surface area contributed by atoms with E-state index in [1.807, 2.05) is 44.2 Å². The summed E-state index contributed by atoms with van der Waals surface area (Å²) in [4.78, 5) is 13.4. The molecule has 0 amide bonds. The van der Waals surface area contributed by atoms with Crippen molar-refractivity contribution in [1.29, 1.82) is 0 Å². The van der Waals surface area contributed by atoms with Crippen LogP contribution >= 0.6 is 35.3 Å². The number of rotatable bonds is 6. The number of benzene rings is 1. The summed E-state index contributed by atoms with van der Waals surface area (Å²) in [6, 6.07) is 10.1. The molecule has 2 aromatic heterocycles. The van der Waals surface area contributed by atoms with Crippen LogP contribution in [0.1, 0.15) is 18.4 Å². The van der Waals surface area contributed by atoms with Crippen LogP contribution in [-0.2, 0) is 13.1 Å². The number of aromatic nitrogens is 1. The number of thiazole rings is 1. The molecule has 0 aliphatic heterocycles. The van der Waals surface area contributed by atoms with Crippen LogP contribution in [-0.4, -0.2) is 43.5 Å². The lowest BCUT2D eigenvalue weighted by atomic mass is 10.2. The van der Waals surface area contributed by atoms with Crippen LogP contribution in [0.2, 0.25) is 0 Å². The van der Waals surface area contributed by atoms with Crippen LogP contribution in [0.3, 0.4) is 0 Å². The lowest BCUT2D eigenvalue weighted by molar-refractivity contribution is 0.412. The first-order chi connectivity index (χ1) is 12.6. The van der Waals surface area contributed by atoms with Crippen LogP contribution in [0, 0.1) is 0 Å². The summed E-state index contributed by atoms with van der Waals surface area (Å²) in [6.45, 7) is 4.08. The lowest BCUT2D eigenvalue weighted by Crippen LogP contribution is -2.38. The molecular formula is C19H26IN5OS. The first kappa shape index (κ1) is 21.5. The number of hydrogen-bond donors (Lipinski definition) is 1. The number of anilines is 1. The van der Waals surface area contributed by atoms with Gasteiger partial charge in [-0.3, -0.25) is 0 Å². The second-order valence-electron chi connectivity index (χ2n) is 6.29. The van der Waals surface area contributed by atoms with Gasteiger partial charge in [-0.05, 0) is 19.1 Å². The summed E-state index contributed by atoms with van der Waals surface area (Å²) in [7, 11) is 6.01. The summed E-state index contributed by atoms with van der Waals surface area (Å²) >= 11 is 1.63. The molecule has 0 saturated carbocycles. The molecule has 1 N–H and O–H groups in total. The summed E-state index contributed by atoms with van der Waals surface area (Å²) in [6.07, 6.45) is 0. The van der Waals surface area contributed by atoms with E-state index in [4.69, 9.17) is 9.41 Å². The number of halogens is 1. The highest BCUT2D eigenvalue weighted by atomic mass is 127. The second-order valence-corrected chi connectivity index (χ2v) is 7.13. The molecule has 0 atom stereocenters. The van der Waals surface area contributed by atoms with E-state index in [-0.39, 0.29) is 24.0 Å². The van der Waals surface area contributed by atoms with Crippen molar-refractivity contribution in [2.75, 3.05) is 32.6 Å². The van der Waals surface area contributed by atoms with Gasteiger partial charge in [-0.25, -0.2) is 9.98 Å². The molecule has 0 aliphatic rings. The molecule has 146 valence electrons. The van der Waals surface area contributed by atoms with Crippen molar-refractivity contribution in [3.63, 3.8) is 0 Å². The number of aliphatic imine (C=N–C) groups is 1. The van der Waals surface area contributed by atoms with Gasteiger partial charge in [0.2, 0.25) is 0 Å². The number of nitrogens with one attached hydrogen (secondary N) is 1. The van der Waals surface area contributed by atoms with Gasteiger partial charge in [-0.15, -0.1) is 35.3 Å². The SMILES string of the molecule is CCNC(=NCc1csc(N(C)C)n1)N(C)Cc1cc2ccccc2o1.I. The zero-order chi connectivity index (χ0) is 18.5. The first-order valence-electron chi connectivity index (χ1n) is 8.65. The summed E-state index contributed by atoms with van der Waals surface area (Å²) in [5, 5.41) is 7.51. The van der Waals surface area contributed by atoms with Gasteiger partial charge in [0.25, 0.3) is 0 Å². The maximum Gasteiger partial charge on any atom is 0.194 e. The average Bonchev–Trinajstić information content (AvgIpc) is 3.24. The molecule has 3 rings (SSSR count). The maximum absolute atomic E-state index is 5.92. The van der Waals surface area contributed by atoms with Gasteiger partial charge in [0.05, 0.1) is 18.8 Å². The quantitative estimate of drug-likeness (QED) is 0.314. The molecule has 0 bridgehead atoms. The molecule has 8 heteroatoms. The normalized spacial score (nSPS) is 11.3. The Morgan fingerprint density at radius 1 is 1.26 bits per heavy atom. The third kappa shape index (κ3) is 5.58. The molecule has 1 aromatic carbocycles. The molecule has 0 saturated heterocycles. The van der Waals surface area contributed by atoms with Crippen molar-refractivity contribution in [1.82, 2.24) is 15.2 Å². The minimum atomic E-state index is 0. The smallest absolute Gasteiger partial charge is 0.194 e. The minimum Gasteiger partial charge on any atom is -0.459 e. The third-order valence-corrected chi connectivity index (χ3v) is 4.94. The Kier molecular flexibility index (Phi) is 7.91. The van der Waals surface area contributed by atoms with Crippen LogP contribution < -0.4 is 10.2 Å².